The summed E-state index contributed by atoms with van der Waals surface area (Å²) in [6.07, 6.45) is 1.47. The molecule has 1 unspecified atom stereocenters. The number of rotatable bonds is 4. The molecule has 2 fully saturated rings. The molecule has 168 valence electrons. The second kappa shape index (κ2) is 8.27. The van der Waals surface area contributed by atoms with Gasteiger partial charge >= 0.3 is 0 Å². The topological polar surface area (TPSA) is 112 Å². The van der Waals surface area contributed by atoms with Gasteiger partial charge in [-0.25, -0.2) is 4.98 Å². The summed E-state index contributed by atoms with van der Waals surface area (Å²) < 4.78 is 12.6. The van der Waals surface area contributed by atoms with E-state index in [-0.39, 0.29) is 12.0 Å². The van der Waals surface area contributed by atoms with Gasteiger partial charge in [0.25, 0.3) is 5.91 Å². The molecule has 0 saturated carbocycles. The molecule has 0 bridgehead atoms. The number of benzene rings is 1. The zero-order chi connectivity index (χ0) is 22.2. The summed E-state index contributed by atoms with van der Waals surface area (Å²) >= 11 is 0. The van der Waals surface area contributed by atoms with Crippen LogP contribution in [0.5, 0.6) is 5.75 Å². The van der Waals surface area contributed by atoms with Crippen LogP contribution in [0, 0.1) is 0 Å². The fourth-order valence-corrected chi connectivity index (χ4v) is 4.33. The van der Waals surface area contributed by atoms with Crippen LogP contribution in [-0.4, -0.2) is 76.6 Å². The van der Waals surface area contributed by atoms with E-state index in [4.69, 9.17) is 25.2 Å². The quantitative estimate of drug-likeness (QED) is 0.653. The Kier molecular flexibility index (Phi) is 5.30. The van der Waals surface area contributed by atoms with Crippen LogP contribution in [0.4, 0.5) is 11.8 Å². The lowest BCUT2D eigenvalue weighted by Crippen LogP contribution is -2.51. The third-order valence-electron chi connectivity index (χ3n) is 6.15. The van der Waals surface area contributed by atoms with Gasteiger partial charge in [-0.15, -0.1) is 0 Å². The number of aryl methyl sites for hydroxylation is 1. The molecule has 32 heavy (non-hydrogen) atoms. The molecule has 2 aliphatic heterocycles. The predicted molar refractivity (Wildman–Crippen MR) is 120 cm³/mol. The van der Waals surface area contributed by atoms with Crippen LogP contribution in [0.15, 0.2) is 24.3 Å². The zero-order valence-electron chi connectivity index (χ0n) is 18.3. The number of fused-ring (bicyclic) bond motifs is 1. The van der Waals surface area contributed by atoms with Gasteiger partial charge in [-0.3, -0.25) is 9.48 Å². The first-order valence-electron chi connectivity index (χ1n) is 10.8. The van der Waals surface area contributed by atoms with Gasteiger partial charge in [0.1, 0.15) is 17.7 Å². The standard InChI is InChI=1S/C22H27N7O3/c1-27-19(23)17-18(14-5-3-6-15(13-14)31-2)24-22(25-20(17)26-27)29-10-8-28(9-11-29)21(30)16-7-4-12-32-16/h3,5-6,13,16H,4,7-12,23H2,1-2H3. The van der Waals surface area contributed by atoms with Crippen molar-refractivity contribution in [2.45, 2.75) is 18.9 Å². The monoisotopic (exact) mass is 437 g/mol. The van der Waals surface area contributed by atoms with Crippen molar-refractivity contribution in [2.24, 2.45) is 7.05 Å². The Labute approximate surface area is 185 Å². The second-order valence-corrected chi connectivity index (χ2v) is 8.13. The minimum Gasteiger partial charge on any atom is -0.497 e. The highest BCUT2D eigenvalue weighted by Gasteiger charge is 2.31. The maximum atomic E-state index is 12.7. The van der Waals surface area contributed by atoms with Crippen LogP contribution in [0.25, 0.3) is 22.3 Å². The van der Waals surface area contributed by atoms with Gasteiger partial charge in [-0.2, -0.15) is 10.1 Å². The van der Waals surface area contributed by atoms with E-state index in [2.05, 4.69) is 10.00 Å². The average Bonchev–Trinajstić information content (AvgIpc) is 3.47. The van der Waals surface area contributed by atoms with Crippen molar-refractivity contribution in [3.05, 3.63) is 24.3 Å². The van der Waals surface area contributed by atoms with E-state index in [0.717, 1.165) is 29.5 Å². The van der Waals surface area contributed by atoms with E-state index in [1.165, 1.54) is 0 Å². The van der Waals surface area contributed by atoms with E-state index >= 15 is 0 Å². The van der Waals surface area contributed by atoms with Gasteiger partial charge in [-0.05, 0) is 25.0 Å². The first-order chi connectivity index (χ1) is 15.5. The number of nitrogens with zero attached hydrogens (tertiary/aromatic N) is 6. The van der Waals surface area contributed by atoms with Crippen molar-refractivity contribution in [2.75, 3.05) is 50.5 Å². The molecule has 10 heteroatoms. The van der Waals surface area contributed by atoms with Crippen molar-refractivity contribution >= 4 is 28.7 Å². The van der Waals surface area contributed by atoms with Crippen LogP contribution >= 0.6 is 0 Å². The van der Waals surface area contributed by atoms with E-state index in [0.29, 0.717) is 55.9 Å². The first kappa shape index (κ1) is 20.5. The van der Waals surface area contributed by atoms with E-state index < -0.39 is 0 Å². The number of methoxy groups -OCH3 is 1. The van der Waals surface area contributed by atoms with E-state index in [1.807, 2.05) is 29.2 Å². The molecule has 4 heterocycles. The predicted octanol–water partition coefficient (Wildman–Crippen LogP) is 1.45. The number of aromatic nitrogens is 4. The fraction of sp³-hybridized carbons (Fsp3) is 0.455. The minimum absolute atomic E-state index is 0.0908. The molecule has 10 nitrogen and oxygen atoms in total. The van der Waals surface area contributed by atoms with Gasteiger partial charge in [0.2, 0.25) is 5.95 Å². The molecule has 1 amide bonds. The van der Waals surface area contributed by atoms with Crippen molar-refractivity contribution in [1.82, 2.24) is 24.6 Å². The molecule has 1 atom stereocenters. The van der Waals surface area contributed by atoms with E-state index in [1.54, 1.807) is 18.8 Å². The van der Waals surface area contributed by atoms with Crippen LogP contribution in [0.1, 0.15) is 12.8 Å². The van der Waals surface area contributed by atoms with Gasteiger partial charge in [-0.1, -0.05) is 12.1 Å². The normalized spacial score (nSPS) is 19.0. The molecule has 2 saturated heterocycles. The summed E-state index contributed by atoms with van der Waals surface area (Å²) in [6.45, 7) is 3.18. The van der Waals surface area contributed by atoms with Crippen LogP contribution in [0.3, 0.4) is 0 Å². The summed E-state index contributed by atoms with van der Waals surface area (Å²) in [6, 6.07) is 7.71. The number of piperazine rings is 1. The lowest BCUT2D eigenvalue weighted by Gasteiger charge is -2.35. The molecule has 0 spiro atoms. The minimum atomic E-state index is -0.287. The second-order valence-electron chi connectivity index (χ2n) is 8.13. The molecule has 5 rings (SSSR count). The molecule has 2 aliphatic rings. The number of carbonyl (C=O) groups excluding carboxylic acids is 1. The largest absolute Gasteiger partial charge is 0.497 e. The van der Waals surface area contributed by atoms with E-state index in [9.17, 15) is 4.79 Å². The summed E-state index contributed by atoms with van der Waals surface area (Å²) in [5.74, 6) is 1.92. The van der Waals surface area contributed by atoms with Gasteiger partial charge in [0, 0.05) is 45.4 Å². The molecular weight excluding hydrogens is 410 g/mol. The first-order valence-corrected chi connectivity index (χ1v) is 10.8. The smallest absolute Gasteiger partial charge is 0.251 e. The van der Waals surface area contributed by atoms with Gasteiger partial charge in [0.05, 0.1) is 18.2 Å². The highest BCUT2D eigenvalue weighted by molar-refractivity contribution is 5.99. The lowest BCUT2D eigenvalue weighted by molar-refractivity contribution is -0.141. The number of hydrogen-bond acceptors (Lipinski definition) is 8. The third-order valence-corrected chi connectivity index (χ3v) is 6.15. The third kappa shape index (κ3) is 3.60. The average molecular weight is 438 g/mol. The van der Waals surface area contributed by atoms with Crippen molar-refractivity contribution in [3.63, 3.8) is 0 Å². The van der Waals surface area contributed by atoms with Crippen molar-refractivity contribution in [3.8, 4) is 17.0 Å². The Hall–Kier alpha value is -3.40. The van der Waals surface area contributed by atoms with Crippen LogP contribution in [0.2, 0.25) is 0 Å². The number of nitrogen functional groups attached to an aromatic ring is 1. The number of nitrogens with two attached hydrogens (primary N) is 1. The highest BCUT2D eigenvalue weighted by Crippen LogP contribution is 2.33. The Bertz CT molecular complexity index is 1150. The maximum absolute atomic E-state index is 12.7. The maximum Gasteiger partial charge on any atom is 0.251 e. The summed E-state index contributed by atoms with van der Waals surface area (Å²) in [5.41, 5.74) is 8.45. The van der Waals surface area contributed by atoms with Crippen molar-refractivity contribution < 1.29 is 14.3 Å². The Morgan fingerprint density at radius 1 is 1.22 bits per heavy atom. The van der Waals surface area contributed by atoms with Gasteiger partial charge < -0.3 is 25.0 Å². The molecule has 1 aromatic carbocycles. The van der Waals surface area contributed by atoms with Crippen LogP contribution < -0.4 is 15.4 Å². The molecular formula is C22H27N7O3. The zero-order valence-corrected chi connectivity index (χ0v) is 18.3. The molecule has 2 aromatic heterocycles. The SMILES string of the molecule is COc1cccc(-c2nc(N3CCN(C(=O)C4CCCO4)CC3)nc3nn(C)c(N)c23)c1. The Morgan fingerprint density at radius 3 is 2.75 bits per heavy atom. The lowest BCUT2D eigenvalue weighted by atomic mass is 10.1. The summed E-state index contributed by atoms with van der Waals surface area (Å²) in [4.78, 5) is 26.2. The highest BCUT2D eigenvalue weighted by atomic mass is 16.5. The Morgan fingerprint density at radius 2 is 2.03 bits per heavy atom. The number of hydrogen-bond donors (Lipinski definition) is 1. The molecule has 0 radical (unpaired) electrons. The number of anilines is 2. The number of carbonyl (C=O) groups is 1. The summed E-state index contributed by atoms with van der Waals surface area (Å²) in [7, 11) is 3.43. The Balaban J connectivity index is 1.45. The summed E-state index contributed by atoms with van der Waals surface area (Å²) in [5, 5.41) is 5.21. The van der Waals surface area contributed by atoms with Gasteiger partial charge in [0.15, 0.2) is 5.65 Å². The molecule has 2 N–H and O–H groups in total. The van der Waals surface area contributed by atoms with Crippen LogP contribution in [-0.2, 0) is 16.6 Å². The van der Waals surface area contributed by atoms with Crippen molar-refractivity contribution in [1.29, 1.82) is 0 Å². The number of ether oxygens (including phenoxy) is 2. The molecule has 0 aliphatic carbocycles. The number of amides is 1. The fourth-order valence-electron chi connectivity index (χ4n) is 4.33. The molecule has 3 aromatic rings.